The van der Waals surface area contributed by atoms with Crippen LogP contribution in [0.4, 0.5) is 4.79 Å². The Morgan fingerprint density at radius 2 is 1.74 bits per heavy atom. The molecule has 2 unspecified atom stereocenters. The molecular formula is C14H24N2O2Si. The molecule has 3 fully saturated rings. The first-order valence-electron chi connectivity index (χ1n) is 7.44. The van der Waals surface area contributed by atoms with Crippen molar-refractivity contribution in [2.24, 2.45) is 5.41 Å². The monoisotopic (exact) mass is 280 g/mol. The first-order valence-corrected chi connectivity index (χ1v) is 10.9. The predicted octanol–water partition coefficient (Wildman–Crippen LogP) is 2.63. The highest BCUT2D eigenvalue weighted by Crippen LogP contribution is 2.69. The van der Waals surface area contributed by atoms with Crippen molar-refractivity contribution in [2.75, 3.05) is 0 Å². The van der Waals surface area contributed by atoms with Gasteiger partial charge in [0.25, 0.3) is 0 Å². The molecule has 19 heavy (non-hydrogen) atoms. The summed E-state index contributed by atoms with van der Waals surface area (Å²) in [6.07, 6.45) is 7.14. The zero-order chi connectivity index (χ0) is 13.9. The van der Waals surface area contributed by atoms with Crippen LogP contribution in [-0.2, 0) is 4.79 Å². The number of fused-ring (bicyclic) bond motifs is 2. The van der Waals surface area contributed by atoms with Gasteiger partial charge in [0.05, 0.1) is 13.1 Å². The lowest BCUT2D eigenvalue weighted by Crippen LogP contribution is -2.79. The van der Waals surface area contributed by atoms with Crippen LogP contribution in [0.25, 0.3) is 0 Å². The minimum Gasteiger partial charge on any atom is -0.334 e. The fraction of sp³-hybridized carbons (Fsp3) is 0.857. The summed E-state index contributed by atoms with van der Waals surface area (Å²) in [6.45, 7) is 6.77. The summed E-state index contributed by atoms with van der Waals surface area (Å²) in [4.78, 5) is 24.3. The molecule has 3 rings (SSSR count). The molecule has 1 saturated heterocycles. The van der Waals surface area contributed by atoms with E-state index in [9.17, 15) is 9.59 Å². The van der Waals surface area contributed by atoms with Crippen molar-refractivity contribution >= 4 is 20.0 Å². The lowest BCUT2D eigenvalue weighted by atomic mass is 9.50. The quantitative estimate of drug-likeness (QED) is 0.725. The van der Waals surface area contributed by atoms with Gasteiger partial charge in [0, 0.05) is 6.04 Å². The fourth-order valence-corrected chi connectivity index (χ4v) is 7.65. The highest BCUT2D eigenvalue weighted by molar-refractivity contribution is 6.83. The second-order valence-electron chi connectivity index (χ2n) is 7.68. The van der Waals surface area contributed by atoms with E-state index in [-0.39, 0.29) is 28.4 Å². The number of carbonyl (C=O) groups is 2. The van der Waals surface area contributed by atoms with E-state index in [0.29, 0.717) is 0 Å². The van der Waals surface area contributed by atoms with Gasteiger partial charge in [0.15, 0.2) is 0 Å². The first kappa shape index (κ1) is 13.2. The van der Waals surface area contributed by atoms with Gasteiger partial charge in [-0.1, -0.05) is 38.9 Å². The van der Waals surface area contributed by atoms with E-state index in [0.717, 1.165) is 6.42 Å². The van der Waals surface area contributed by atoms with Crippen LogP contribution in [0.3, 0.4) is 0 Å². The maximum Gasteiger partial charge on any atom is 0.321 e. The average molecular weight is 280 g/mol. The van der Waals surface area contributed by atoms with Gasteiger partial charge < -0.3 is 5.32 Å². The third-order valence-corrected chi connectivity index (χ3v) is 9.20. The number of rotatable bonds is 1. The Labute approximate surface area is 115 Å². The van der Waals surface area contributed by atoms with E-state index in [1.807, 2.05) is 0 Å². The largest absolute Gasteiger partial charge is 0.334 e. The second kappa shape index (κ2) is 3.84. The molecule has 106 valence electrons. The number of nitrogens with one attached hydrogen (secondary N) is 2. The molecule has 1 aliphatic heterocycles. The van der Waals surface area contributed by atoms with Crippen molar-refractivity contribution in [3.05, 3.63) is 0 Å². The van der Waals surface area contributed by atoms with Gasteiger partial charge >= 0.3 is 6.03 Å². The normalized spacial score (nSPS) is 37.1. The highest BCUT2D eigenvalue weighted by Gasteiger charge is 2.72. The van der Waals surface area contributed by atoms with Crippen LogP contribution in [0, 0.1) is 5.41 Å². The van der Waals surface area contributed by atoms with Crippen LogP contribution >= 0.6 is 0 Å². The van der Waals surface area contributed by atoms with Gasteiger partial charge in [0.1, 0.15) is 0 Å². The summed E-state index contributed by atoms with van der Waals surface area (Å²) in [7, 11) is -1.69. The van der Waals surface area contributed by atoms with Crippen LogP contribution in [-0.4, -0.2) is 26.1 Å². The summed E-state index contributed by atoms with van der Waals surface area (Å²) >= 11 is 0. The lowest BCUT2D eigenvalue weighted by Gasteiger charge is -2.68. The smallest absolute Gasteiger partial charge is 0.321 e. The van der Waals surface area contributed by atoms with Crippen molar-refractivity contribution in [3.8, 4) is 0 Å². The number of urea groups is 1. The maximum absolute atomic E-state index is 12.5. The Bertz CT molecular complexity index is 437. The van der Waals surface area contributed by atoms with Crippen LogP contribution in [0.2, 0.25) is 24.7 Å². The molecule has 4 nitrogen and oxygen atoms in total. The second-order valence-corrected chi connectivity index (χ2v) is 13.1. The SMILES string of the molecule is C[Si](C)(C)C12CC3(CCCCC3)C1NC(=O)NC2=O. The van der Waals surface area contributed by atoms with Crippen molar-refractivity contribution < 1.29 is 9.59 Å². The molecule has 0 aromatic heterocycles. The van der Waals surface area contributed by atoms with E-state index >= 15 is 0 Å². The standard InChI is InChI=1S/C14H24N2O2Si/c1-19(2,3)14-9-13(7-5-4-6-8-13)10(14)15-12(18)16-11(14)17/h10H,4-9H2,1-3H3,(H2,15,16,17,18). The molecule has 0 aromatic carbocycles. The van der Waals surface area contributed by atoms with E-state index < -0.39 is 8.07 Å². The Morgan fingerprint density at radius 1 is 1.11 bits per heavy atom. The summed E-state index contributed by atoms with van der Waals surface area (Å²) in [5.74, 6) is -0.00313. The van der Waals surface area contributed by atoms with E-state index in [1.54, 1.807) is 0 Å². The molecule has 0 bridgehead atoms. The Morgan fingerprint density at radius 3 is 2.32 bits per heavy atom. The Balaban J connectivity index is 1.98. The molecule has 2 N–H and O–H groups in total. The van der Waals surface area contributed by atoms with Gasteiger partial charge in [-0.2, -0.15) is 0 Å². The van der Waals surface area contributed by atoms with Crippen molar-refractivity contribution in [1.82, 2.24) is 10.6 Å². The minimum absolute atomic E-state index is 0.00313. The molecule has 3 aliphatic rings. The van der Waals surface area contributed by atoms with E-state index in [1.165, 1.54) is 32.1 Å². The van der Waals surface area contributed by atoms with Crippen LogP contribution in [0.1, 0.15) is 38.5 Å². The molecule has 2 saturated carbocycles. The van der Waals surface area contributed by atoms with Crippen LogP contribution in [0.15, 0.2) is 0 Å². The number of carbonyl (C=O) groups excluding carboxylic acids is 2. The van der Waals surface area contributed by atoms with Gasteiger partial charge in [-0.15, -0.1) is 0 Å². The zero-order valence-electron chi connectivity index (χ0n) is 12.1. The molecule has 1 spiro atoms. The van der Waals surface area contributed by atoms with Crippen LogP contribution in [0.5, 0.6) is 0 Å². The first-order chi connectivity index (χ1) is 8.82. The number of hydrogen-bond donors (Lipinski definition) is 2. The topological polar surface area (TPSA) is 58.2 Å². The summed E-state index contributed by atoms with van der Waals surface area (Å²) in [5.41, 5.74) is 0.214. The molecular weight excluding hydrogens is 256 g/mol. The molecule has 3 amide bonds. The predicted molar refractivity (Wildman–Crippen MR) is 76.6 cm³/mol. The molecule has 0 radical (unpaired) electrons. The van der Waals surface area contributed by atoms with Gasteiger partial charge in [-0.25, -0.2) is 4.79 Å². The van der Waals surface area contributed by atoms with Crippen molar-refractivity contribution in [2.45, 2.75) is 69.2 Å². The average Bonchev–Trinajstić information content (AvgIpc) is 2.31. The summed E-state index contributed by atoms with van der Waals surface area (Å²) in [5, 5.41) is 5.36. The van der Waals surface area contributed by atoms with Gasteiger partial charge in [0.2, 0.25) is 5.91 Å². The zero-order valence-corrected chi connectivity index (χ0v) is 13.1. The van der Waals surface area contributed by atoms with E-state index in [4.69, 9.17) is 0 Å². The third kappa shape index (κ3) is 1.57. The number of imide groups is 1. The Kier molecular flexibility index (Phi) is 2.66. The molecule has 5 heteroatoms. The van der Waals surface area contributed by atoms with Crippen molar-refractivity contribution in [3.63, 3.8) is 0 Å². The van der Waals surface area contributed by atoms with Crippen LogP contribution < -0.4 is 10.6 Å². The molecule has 2 atom stereocenters. The van der Waals surface area contributed by atoms with Gasteiger partial charge in [-0.3, -0.25) is 10.1 Å². The number of hydrogen-bond acceptors (Lipinski definition) is 2. The highest BCUT2D eigenvalue weighted by atomic mass is 28.3. The fourth-order valence-electron chi connectivity index (χ4n) is 4.78. The molecule has 2 aliphatic carbocycles. The van der Waals surface area contributed by atoms with E-state index in [2.05, 4.69) is 30.3 Å². The molecule has 1 heterocycles. The molecule has 0 aromatic rings. The lowest BCUT2D eigenvalue weighted by molar-refractivity contribution is -0.138. The summed E-state index contributed by atoms with van der Waals surface area (Å²) in [6, 6.07) is -0.193. The summed E-state index contributed by atoms with van der Waals surface area (Å²) < 4.78 is 0. The third-order valence-electron chi connectivity index (χ3n) is 5.83. The van der Waals surface area contributed by atoms with Gasteiger partial charge in [-0.05, 0) is 24.7 Å². The van der Waals surface area contributed by atoms with Crippen molar-refractivity contribution in [1.29, 1.82) is 0 Å². The maximum atomic E-state index is 12.5. The Hall–Kier alpha value is -0.843. The number of amides is 3. The minimum atomic E-state index is -1.69.